The molecule has 7 heteroatoms. The van der Waals surface area contributed by atoms with Crippen LogP contribution in [0.4, 0.5) is 11.6 Å². The molecule has 3 N–H and O–H groups in total. The number of aromatic nitrogens is 2. The molecule has 3 aliphatic rings. The van der Waals surface area contributed by atoms with Gasteiger partial charge in [0.2, 0.25) is 5.95 Å². The second-order valence-corrected chi connectivity index (χ2v) is 9.02. The van der Waals surface area contributed by atoms with Crippen molar-refractivity contribution in [3.63, 3.8) is 0 Å². The third kappa shape index (κ3) is 3.30. The van der Waals surface area contributed by atoms with Crippen LogP contribution in [-0.4, -0.2) is 59.1 Å². The zero-order chi connectivity index (χ0) is 20.7. The van der Waals surface area contributed by atoms with E-state index in [1.807, 2.05) is 6.07 Å². The molecule has 3 heterocycles. The third-order valence-electron chi connectivity index (χ3n) is 7.15. The van der Waals surface area contributed by atoms with Crippen LogP contribution in [0.1, 0.15) is 42.5 Å². The lowest BCUT2D eigenvalue weighted by Crippen LogP contribution is -2.47. The molecule has 1 atom stereocenters. The number of anilines is 2. The molecule has 7 nitrogen and oxygen atoms in total. The molecular weight excluding hydrogens is 380 g/mol. The van der Waals surface area contributed by atoms with Gasteiger partial charge in [0.05, 0.1) is 18.4 Å². The van der Waals surface area contributed by atoms with E-state index >= 15 is 0 Å². The highest BCUT2D eigenvalue weighted by molar-refractivity contribution is 5.63. The molecule has 1 aromatic heterocycles. The quantitative estimate of drug-likeness (QED) is 0.705. The van der Waals surface area contributed by atoms with E-state index in [0.29, 0.717) is 12.5 Å². The molecule has 0 unspecified atom stereocenters. The zero-order valence-electron chi connectivity index (χ0n) is 17.3. The third-order valence-corrected chi connectivity index (χ3v) is 7.15. The highest BCUT2D eigenvalue weighted by Crippen LogP contribution is 2.47. The van der Waals surface area contributed by atoms with Crippen molar-refractivity contribution in [1.29, 1.82) is 0 Å². The summed E-state index contributed by atoms with van der Waals surface area (Å²) in [7, 11) is 0. The second kappa shape index (κ2) is 7.71. The molecule has 0 radical (unpaired) electrons. The Hall–Kier alpha value is -2.38. The number of aromatic amines is 1. The lowest BCUT2D eigenvalue weighted by molar-refractivity contribution is 0.0993. The molecule has 1 spiro atoms. The molecule has 30 heavy (non-hydrogen) atoms. The van der Waals surface area contributed by atoms with Crippen LogP contribution in [-0.2, 0) is 18.3 Å². The largest absolute Gasteiger partial charge is 0.394 e. The van der Waals surface area contributed by atoms with Crippen molar-refractivity contribution in [2.45, 2.75) is 50.0 Å². The van der Waals surface area contributed by atoms with Crippen LogP contribution in [0.2, 0.25) is 0 Å². The average molecular weight is 411 g/mol. The average Bonchev–Trinajstić information content (AvgIpc) is 3.07. The summed E-state index contributed by atoms with van der Waals surface area (Å²) in [6, 6.07) is 8.44. The fourth-order valence-electron chi connectivity index (χ4n) is 5.52. The lowest BCUT2D eigenvalue weighted by Gasteiger charge is -2.40. The van der Waals surface area contributed by atoms with Crippen molar-refractivity contribution < 1.29 is 10.2 Å². The van der Waals surface area contributed by atoms with Gasteiger partial charge in [0.25, 0.3) is 5.56 Å². The standard InChI is InChI=1S/C23H30N4O3/c28-14-16(29)13-27-15-23(18-6-2-4-8-20(18)27)9-11-26(12-10-23)22-24-19-7-3-1-5-17(19)21(30)25-22/h2,4,6,8,16,28-29H,1,3,5,7,9-15H2,(H,24,25,30)/t16-/m0/s1. The number of hydrogen-bond acceptors (Lipinski definition) is 6. The lowest BCUT2D eigenvalue weighted by atomic mass is 9.74. The first-order valence-corrected chi connectivity index (χ1v) is 11.1. The zero-order valence-corrected chi connectivity index (χ0v) is 17.3. The van der Waals surface area contributed by atoms with Crippen molar-refractivity contribution in [2.24, 2.45) is 0 Å². The topological polar surface area (TPSA) is 92.7 Å². The SMILES string of the molecule is O=c1[nH]c(N2CCC3(CC2)CN(C[C@H](O)CO)c2ccccc23)nc2c1CCCC2. The van der Waals surface area contributed by atoms with E-state index in [0.717, 1.165) is 69.4 Å². The first kappa shape index (κ1) is 19.6. The number of nitrogens with one attached hydrogen (secondary N) is 1. The number of nitrogens with zero attached hydrogens (tertiary/aromatic N) is 3. The van der Waals surface area contributed by atoms with Gasteiger partial charge in [-0.25, -0.2) is 4.98 Å². The summed E-state index contributed by atoms with van der Waals surface area (Å²) >= 11 is 0. The molecular formula is C23H30N4O3. The molecule has 0 amide bonds. The molecule has 1 aliphatic carbocycles. The van der Waals surface area contributed by atoms with Crippen molar-refractivity contribution in [3.05, 3.63) is 51.4 Å². The Balaban J connectivity index is 1.37. The van der Waals surface area contributed by atoms with E-state index < -0.39 is 6.10 Å². The summed E-state index contributed by atoms with van der Waals surface area (Å²) in [6.07, 6.45) is 5.13. The number of fused-ring (bicyclic) bond motifs is 3. The normalized spacial score (nSPS) is 20.9. The Bertz CT molecular complexity index is 981. The molecule has 2 aliphatic heterocycles. The number of aliphatic hydroxyl groups excluding tert-OH is 2. The molecule has 1 fully saturated rings. The fourth-order valence-corrected chi connectivity index (χ4v) is 5.52. The Kier molecular flexibility index (Phi) is 5.03. The number of H-pyrrole nitrogens is 1. The number of piperidine rings is 1. The first-order valence-electron chi connectivity index (χ1n) is 11.1. The van der Waals surface area contributed by atoms with Crippen LogP contribution < -0.4 is 15.4 Å². The Morgan fingerprint density at radius 2 is 1.93 bits per heavy atom. The molecule has 0 saturated carbocycles. The van der Waals surface area contributed by atoms with E-state index in [1.54, 1.807) is 0 Å². The van der Waals surface area contributed by atoms with Gasteiger partial charge in [0.1, 0.15) is 0 Å². The number of aryl methyl sites for hydroxylation is 1. The smallest absolute Gasteiger partial charge is 0.255 e. The Morgan fingerprint density at radius 1 is 1.17 bits per heavy atom. The van der Waals surface area contributed by atoms with E-state index in [1.165, 1.54) is 11.3 Å². The van der Waals surface area contributed by atoms with Crippen molar-refractivity contribution >= 4 is 11.6 Å². The molecule has 1 aromatic carbocycles. The van der Waals surface area contributed by atoms with Gasteiger partial charge in [-0.2, -0.15) is 0 Å². The van der Waals surface area contributed by atoms with Gasteiger partial charge >= 0.3 is 0 Å². The number of rotatable bonds is 4. The summed E-state index contributed by atoms with van der Waals surface area (Å²) in [5.74, 6) is 0.717. The van der Waals surface area contributed by atoms with Gasteiger partial charge in [-0.1, -0.05) is 18.2 Å². The van der Waals surface area contributed by atoms with Crippen LogP contribution in [0.3, 0.4) is 0 Å². The molecule has 0 bridgehead atoms. The second-order valence-electron chi connectivity index (χ2n) is 9.02. The van der Waals surface area contributed by atoms with Gasteiger partial charge < -0.3 is 20.0 Å². The monoisotopic (exact) mass is 410 g/mol. The van der Waals surface area contributed by atoms with Gasteiger partial charge in [0, 0.05) is 42.8 Å². The predicted octanol–water partition coefficient (Wildman–Crippen LogP) is 1.36. The van der Waals surface area contributed by atoms with Crippen LogP contribution in [0.15, 0.2) is 29.1 Å². The fraction of sp³-hybridized carbons (Fsp3) is 0.565. The van der Waals surface area contributed by atoms with Crippen molar-refractivity contribution in [1.82, 2.24) is 9.97 Å². The minimum atomic E-state index is -0.738. The Labute approximate surface area is 176 Å². The summed E-state index contributed by atoms with van der Waals surface area (Å²) in [5, 5.41) is 19.3. The number of aliphatic hydroxyl groups is 2. The van der Waals surface area contributed by atoms with Crippen molar-refractivity contribution in [2.75, 3.05) is 42.6 Å². The van der Waals surface area contributed by atoms with Gasteiger partial charge in [-0.3, -0.25) is 9.78 Å². The van der Waals surface area contributed by atoms with E-state index in [-0.39, 0.29) is 17.6 Å². The van der Waals surface area contributed by atoms with Crippen LogP contribution in [0.5, 0.6) is 0 Å². The number of hydrogen-bond donors (Lipinski definition) is 3. The summed E-state index contributed by atoms with van der Waals surface area (Å²) in [6.45, 7) is 2.75. The number of β-amino-alcohol motifs (C(OH)–C–C–N with tert-alkyl or cyclic N) is 1. The summed E-state index contributed by atoms with van der Waals surface area (Å²) < 4.78 is 0. The van der Waals surface area contributed by atoms with E-state index in [9.17, 15) is 15.0 Å². The van der Waals surface area contributed by atoms with E-state index in [2.05, 4.69) is 33.0 Å². The number of para-hydroxylation sites is 1. The highest BCUT2D eigenvalue weighted by Gasteiger charge is 2.45. The highest BCUT2D eigenvalue weighted by atomic mass is 16.3. The van der Waals surface area contributed by atoms with Gasteiger partial charge in [0.15, 0.2) is 0 Å². The molecule has 2 aromatic rings. The maximum atomic E-state index is 12.5. The first-order chi connectivity index (χ1) is 14.6. The van der Waals surface area contributed by atoms with Crippen LogP contribution in [0, 0.1) is 0 Å². The summed E-state index contributed by atoms with van der Waals surface area (Å²) in [5.41, 5.74) is 4.43. The number of benzene rings is 1. The molecule has 160 valence electrons. The van der Waals surface area contributed by atoms with Gasteiger partial charge in [-0.15, -0.1) is 0 Å². The molecule has 1 saturated heterocycles. The van der Waals surface area contributed by atoms with Gasteiger partial charge in [-0.05, 0) is 50.2 Å². The summed E-state index contributed by atoms with van der Waals surface area (Å²) in [4.78, 5) is 24.8. The molecule has 5 rings (SSSR count). The Morgan fingerprint density at radius 3 is 2.73 bits per heavy atom. The van der Waals surface area contributed by atoms with Crippen molar-refractivity contribution in [3.8, 4) is 0 Å². The van der Waals surface area contributed by atoms with E-state index in [4.69, 9.17) is 4.98 Å². The predicted molar refractivity (Wildman–Crippen MR) is 116 cm³/mol. The van der Waals surface area contributed by atoms with Crippen LogP contribution in [0.25, 0.3) is 0 Å². The minimum absolute atomic E-state index is 0.0327. The maximum absolute atomic E-state index is 12.5. The minimum Gasteiger partial charge on any atom is -0.394 e. The van der Waals surface area contributed by atoms with Crippen LogP contribution >= 0.6 is 0 Å². The maximum Gasteiger partial charge on any atom is 0.255 e.